The van der Waals surface area contributed by atoms with Gasteiger partial charge in [0, 0.05) is 30.1 Å². The molecule has 1 aromatic carbocycles. The van der Waals surface area contributed by atoms with E-state index in [0.29, 0.717) is 0 Å². The third kappa shape index (κ3) is 5.05. The number of nitrogens with one attached hydrogen (secondary N) is 2. The van der Waals surface area contributed by atoms with E-state index in [1.165, 1.54) is 13.0 Å². The van der Waals surface area contributed by atoms with Crippen molar-refractivity contribution in [1.82, 2.24) is 10.3 Å². The standard InChI is InChI=1S/C18H18F3N3O2/c1-10-4-5-13(9-22-10)11(2)23-17(26)14-6-15(18(19,20)21)8-16(7-14)24-12(3)25/h4-9,11H,1-3H3,(H,23,26)(H,24,25). The van der Waals surface area contributed by atoms with Crippen molar-refractivity contribution in [3.63, 3.8) is 0 Å². The summed E-state index contributed by atoms with van der Waals surface area (Å²) in [6, 6.07) is 5.84. The second-order valence-electron chi connectivity index (χ2n) is 5.91. The lowest BCUT2D eigenvalue weighted by molar-refractivity contribution is -0.137. The Kier molecular flexibility index (Phi) is 5.64. The van der Waals surface area contributed by atoms with Crippen molar-refractivity contribution in [3.8, 4) is 0 Å². The number of pyridine rings is 1. The summed E-state index contributed by atoms with van der Waals surface area (Å²) in [7, 11) is 0. The molecule has 2 rings (SSSR count). The van der Waals surface area contributed by atoms with Crippen LogP contribution in [0, 0.1) is 6.92 Å². The topological polar surface area (TPSA) is 71.1 Å². The average molecular weight is 365 g/mol. The Morgan fingerprint density at radius 2 is 1.85 bits per heavy atom. The van der Waals surface area contributed by atoms with Crippen LogP contribution in [0.2, 0.25) is 0 Å². The first kappa shape index (κ1) is 19.4. The molecule has 2 amide bonds. The highest BCUT2D eigenvalue weighted by atomic mass is 19.4. The van der Waals surface area contributed by atoms with Crippen LogP contribution in [-0.2, 0) is 11.0 Å². The Bertz CT molecular complexity index is 817. The third-order valence-corrected chi connectivity index (χ3v) is 3.62. The number of halogens is 3. The van der Waals surface area contributed by atoms with Gasteiger partial charge in [-0.25, -0.2) is 0 Å². The summed E-state index contributed by atoms with van der Waals surface area (Å²) < 4.78 is 39.2. The summed E-state index contributed by atoms with van der Waals surface area (Å²) >= 11 is 0. The molecule has 0 aliphatic carbocycles. The van der Waals surface area contributed by atoms with Crippen molar-refractivity contribution in [1.29, 1.82) is 0 Å². The van der Waals surface area contributed by atoms with Gasteiger partial charge in [-0.1, -0.05) is 6.07 Å². The number of benzene rings is 1. The van der Waals surface area contributed by atoms with Gasteiger partial charge in [-0.2, -0.15) is 13.2 Å². The number of hydrogen-bond donors (Lipinski definition) is 2. The summed E-state index contributed by atoms with van der Waals surface area (Å²) in [4.78, 5) is 27.7. The maximum absolute atomic E-state index is 13.1. The maximum Gasteiger partial charge on any atom is 0.416 e. The molecule has 8 heteroatoms. The van der Waals surface area contributed by atoms with Crippen LogP contribution in [-0.4, -0.2) is 16.8 Å². The smallest absolute Gasteiger partial charge is 0.345 e. The van der Waals surface area contributed by atoms with E-state index in [9.17, 15) is 22.8 Å². The van der Waals surface area contributed by atoms with Gasteiger partial charge in [0.1, 0.15) is 0 Å². The Balaban J connectivity index is 2.28. The second kappa shape index (κ2) is 7.55. The highest BCUT2D eigenvalue weighted by molar-refractivity contribution is 5.97. The maximum atomic E-state index is 13.1. The monoisotopic (exact) mass is 365 g/mol. The normalized spacial score (nSPS) is 12.4. The number of anilines is 1. The Morgan fingerprint density at radius 3 is 2.38 bits per heavy atom. The van der Waals surface area contributed by atoms with E-state index in [2.05, 4.69) is 15.6 Å². The Labute approximate surface area is 148 Å². The number of aromatic nitrogens is 1. The van der Waals surface area contributed by atoms with E-state index in [0.717, 1.165) is 23.4 Å². The highest BCUT2D eigenvalue weighted by Gasteiger charge is 2.32. The SMILES string of the molecule is CC(=O)Nc1cc(C(=O)NC(C)c2ccc(C)nc2)cc(C(F)(F)F)c1. The zero-order chi connectivity index (χ0) is 19.5. The fourth-order valence-electron chi connectivity index (χ4n) is 2.30. The number of alkyl halides is 3. The van der Waals surface area contributed by atoms with Gasteiger partial charge in [0.15, 0.2) is 0 Å². The predicted octanol–water partition coefficient (Wildman–Crippen LogP) is 3.86. The van der Waals surface area contributed by atoms with Crippen LogP contribution in [0.4, 0.5) is 18.9 Å². The first-order chi connectivity index (χ1) is 12.1. The largest absolute Gasteiger partial charge is 0.416 e. The number of rotatable bonds is 4. The van der Waals surface area contributed by atoms with Gasteiger partial charge < -0.3 is 10.6 Å². The summed E-state index contributed by atoms with van der Waals surface area (Å²) in [5, 5.41) is 4.91. The van der Waals surface area contributed by atoms with Crippen molar-refractivity contribution in [2.45, 2.75) is 33.0 Å². The first-order valence-corrected chi connectivity index (χ1v) is 7.79. The summed E-state index contributed by atoms with van der Waals surface area (Å²) in [5.74, 6) is -1.22. The molecule has 0 aliphatic rings. The molecular weight excluding hydrogens is 347 g/mol. The van der Waals surface area contributed by atoms with Crippen LogP contribution in [0.3, 0.4) is 0 Å². The predicted molar refractivity (Wildman–Crippen MR) is 90.6 cm³/mol. The van der Waals surface area contributed by atoms with Crippen LogP contribution >= 0.6 is 0 Å². The molecule has 0 fully saturated rings. The van der Waals surface area contributed by atoms with Gasteiger partial charge in [-0.05, 0) is 43.7 Å². The molecule has 0 bridgehead atoms. The highest BCUT2D eigenvalue weighted by Crippen LogP contribution is 2.32. The minimum absolute atomic E-state index is 0.0952. The first-order valence-electron chi connectivity index (χ1n) is 7.79. The van der Waals surface area contributed by atoms with E-state index in [4.69, 9.17) is 0 Å². The molecule has 5 nitrogen and oxygen atoms in total. The second-order valence-corrected chi connectivity index (χ2v) is 5.91. The number of nitrogens with zero attached hydrogens (tertiary/aromatic N) is 1. The molecule has 1 atom stereocenters. The van der Waals surface area contributed by atoms with Crippen molar-refractivity contribution in [2.24, 2.45) is 0 Å². The van der Waals surface area contributed by atoms with E-state index < -0.39 is 29.6 Å². The minimum Gasteiger partial charge on any atom is -0.345 e. The fraction of sp³-hybridized carbons (Fsp3) is 0.278. The van der Waals surface area contributed by atoms with Crippen LogP contribution < -0.4 is 10.6 Å². The molecule has 2 N–H and O–H groups in total. The van der Waals surface area contributed by atoms with Crippen molar-refractivity contribution in [3.05, 3.63) is 58.9 Å². The molecule has 2 aromatic rings. The molecule has 0 radical (unpaired) electrons. The Morgan fingerprint density at radius 1 is 1.15 bits per heavy atom. The van der Waals surface area contributed by atoms with Gasteiger partial charge in [0.05, 0.1) is 11.6 Å². The van der Waals surface area contributed by atoms with E-state index in [1.807, 2.05) is 6.92 Å². The van der Waals surface area contributed by atoms with Crippen LogP contribution in [0.1, 0.15) is 47.1 Å². The molecular formula is C18H18F3N3O2. The van der Waals surface area contributed by atoms with Crippen LogP contribution in [0.15, 0.2) is 36.5 Å². The Hall–Kier alpha value is -2.90. The van der Waals surface area contributed by atoms with Gasteiger partial charge in [-0.3, -0.25) is 14.6 Å². The van der Waals surface area contributed by atoms with Gasteiger partial charge in [0.2, 0.25) is 5.91 Å². The number of aryl methyl sites for hydroxylation is 1. The lowest BCUT2D eigenvalue weighted by Crippen LogP contribution is -2.27. The number of carbonyl (C=O) groups excluding carboxylic acids is 2. The molecule has 26 heavy (non-hydrogen) atoms. The fourth-order valence-corrected chi connectivity index (χ4v) is 2.30. The van der Waals surface area contributed by atoms with Crippen LogP contribution in [0.25, 0.3) is 0 Å². The molecule has 0 spiro atoms. The molecule has 0 aliphatic heterocycles. The summed E-state index contributed by atoms with van der Waals surface area (Å²) in [6.45, 7) is 4.69. The van der Waals surface area contributed by atoms with E-state index in [-0.39, 0.29) is 11.3 Å². The zero-order valence-corrected chi connectivity index (χ0v) is 14.4. The lowest BCUT2D eigenvalue weighted by Gasteiger charge is -2.16. The molecule has 1 heterocycles. The van der Waals surface area contributed by atoms with Gasteiger partial charge in [0.25, 0.3) is 5.91 Å². The number of carbonyl (C=O) groups is 2. The van der Waals surface area contributed by atoms with Crippen molar-refractivity contribution >= 4 is 17.5 Å². The van der Waals surface area contributed by atoms with Crippen LogP contribution in [0.5, 0.6) is 0 Å². The van der Waals surface area contributed by atoms with Gasteiger partial charge >= 0.3 is 6.18 Å². The average Bonchev–Trinajstić information content (AvgIpc) is 2.53. The summed E-state index contributed by atoms with van der Waals surface area (Å²) in [5.41, 5.74) is 0.222. The van der Waals surface area contributed by atoms with Crippen molar-refractivity contribution in [2.75, 3.05) is 5.32 Å². The van der Waals surface area contributed by atoms with Gasteiger partial charge in [-0.15, -0.1) is 0 Å². The minimum atomic E-state index is -4.64. The van der Waals surface area contributed by atoms with E-state index in [1.54, 1.807) is 25.3 Å². The number of hydrogen-bond acceptors (Lipinski definition) is 3. The molecule has 0 saturated heterocycles. The lowest BCUT2D eigenvalue weighted by atomic mass is 10.1. The summed E-state index contributed by atoms with van der Waals surface area (Å²) in [6.07, 6.45) is -3.05. The molecule has 1 unspecified atom stereocenters. The molecule has 1 aromatic heterocycles. The number of amides is 2. The quantitative estimate of drug-likeness (QED) is 0.864. The third-order valence-electron chi connectivity index (χ3n) is 3.62. The zero-order valence-electron chi connectivity index (χ0n) is 14.4. The van der Waals surface area contributed by atoms with Crippen molar-refractivity contribution < 1.29 is 22.8 Å². The molecule has 138 valence electrons. The molecule has 0 saturated carbocycles. The van der Waals surface area contributed by atoms with E-state index >= 15 is 0 Å².